The van der Waals surface area contributed by atoms with Crippen LogP contribution in [-0.2, 0) is 0 Å². The minimum atomic E-state index is -0.0734. The zero-order valence-corrected chi connectivity index (χ0v) is 15.0. The summed E-state index contributed by atoms with van der Waals surface area (Å²) < 4.78 is 5.76. The lowest BCUT2D eigenvalue weighted by atomic mass is 10.1. The number of hydrogen-bond donors (Lipinski definition) is 1. The lowest BCUT2D eigenvalue weighted by Gasteiger charge is -2.09. The molecule has 0 fully saturated rings. The van der Waals surface area contributed by atoms with Gasteiger partial charge in [-0.3, -0.25) is 4.79 Å². The molecule has 0 saturated heterocycles. The molecule has 1 N–H and O–H groups in total. The average molecular weight is 364 g/mol. The van der Waals surface area contributed by atoms with Gasteiger partial charge in [0, 0.05) is 28.0 Å². The monoisotopic (exact) mass is 363 g/mol. The summed E-state index contributed by atoms with van der Waals surface area (Å²) in [4.78, 5) is 12.2. The minimum Gasteiger partial charge on any atom is -0.457 e. The third-order valence-electron chi connectivity index (χ3n) is 3.65. The summed E-state index contributed by atoms with van der Waals surface area (Å²) in [6.45, 7) is 1.85. The molecule has 0 saturated carbocycles. The SMILES string of the molecule is CC(=CC(=O)c1ccc(Cl)cc1)Nc1ccc(Oc2ccccc2)cc1. The molecular weight excluding hydrogens is 346 g/mol. The molecule has 0 heterocycles. The lowest BCUT2D eigenvalue weighted by Crippen LogP contribution is -2.01. The van der Waals surface area contributed by atoms with Gasteiger partial charge in [-0.2, -0.15) is 0 Å². The van der Waals surface area contributed by atoms with Crippen LogP contribution in [0.3, 0.4) is 0 Å². The Balaban J connectivity index is 1.62. The fourth-order valence-electron chi connectivity index (χ4n) is 2.39. The Kier molecular flexibility index (Phi) is 5.72. The van der Waals surface area contributed by atoms with Crippen molar-refractivity contribution in [1.29, 1.82) is 0 Å². The van der Waals surface area contributed by atoms with Gasteiger partial charge < -0.3 is 10.1 Å². The Morgan fingerprint density at radius 2 is 1.50 bits per heavy atom. The number of halogens is 1. The van der Waals surface area contributed by atoms with Crippen molar-refractivity contribution in [2.75, 3.05) is 5.32 Å². The van der Waals surface area contributed by atoms with Crippen molar-refractivity contribution in [2.24, 2.45) is 0 Å². The number of ether oxygens (including phenoxy) is 1. The predicted octanol–water partition coefficient (Wildman–Crippen LogP) is 6.33. The second-order valence-electron chi connectivity index (χ2n) is 5.76. The van der Waals surface area contributed by atoms with Crippen LogP contribution in [0.2, 0.25) is 5.02 Å². The van der Waals surface area contributed by atoms with Crippen LogP contribution in [0.5, 0.6) is 11.5 Å². The molecule has 0 radical (unpaired) electrons. The second-order valence-corrected chi connectivity index (χ2v) is 6.20. The third kappa shape index (κ3) is 4.98. The highest BCUT2D eigenvalue weighted by atomic mass is 35.5. The molecule has 0 aliphatic heterocycles. The number of hydrogen-bond acceptors (Lipinski definition) is 3. The smallest absolute Gasteiger partial charge is 0.187 e. The van der Waals surface area contributed by atoms with E-state index in [2.05, 4.69) is 5.32 Å². The molecule has 4 heteroatoms. The maximum absolute atomic E-state index is 12.2. The molecule has 0 unspecified atom stereocenters. The molecule has 3 aromatic carbocycles. The fourth-order valence-corrected chi connectivity index (χ4v) is 2.51. The van der Waals surface area contributed by atoms with Crippen molar-refractivity contribution >= 4 is 23.1 Å². The number of carbonyl (C=O) groups is 1. The Hall–Kier alpha value is -3.04. The molecule has 0 bridgehead atoms. The Labute approximate surface area is 157 Å². The summed E-state index contributed by atoms with van der Waals surface area (Å²) in [7, 11) is 0. The first-order chi connectivity index (χ1) is 12.6. The van der Waals surface area contributed by atoms with Gasteiger partial charge in [0.15, 0.2) is 5.78 Å². The van der Waals surface area contributed by atoms with Crippen molar-refractivity contribution in [3.63, 3.8) is 0 Å². The summed E-state index contributed by atoms with van der Waals surface area (Å²) in [5, 5.41) is 3.81. The number of benzene rings is 3. The predicted molar refractivity (Wildman–Crippen MR) is 106 cm³/mol. The van der Waals surface area contributed by atoms with Crippen LogP contribution in [0.15, 0.2) is 90.6 Å². The van der Waals surface area contributed by atoms with Crippen LogP contribution in [0.1, 0.15) is 17.3 Å². The van der Waals surface area contributed by atoms with E-state index in [-0.39, 0.29) is 5.78 Å². The van der Waals surface area contributed by atoms with Crippen LogP contribution in [0.25, 0.3) is 0 Å². The van der Waals surface area contributed by atoms with Gasteiger partial charge in [-0.1, -0.05) is 29.8 Å². The van der Waals surface area contributed by atoms with E-state index in [1.807, 2.05) is 61.5 Å². The van der Waals surface area contributed by atoms with Crippen LogP contribution < -0.4 is 10.1 Å². The molecular formula is C22H18ClNO2. The molecule has 0 aliphatic rings. The first-order valence-corrected chi connectivity index (χ1v) is 8.56. The average Bonchev–Trinajstić information content (AvgIpc) is 2.64. The van der Waals surface area contributed by atoms with Crippen LogP contribution in [-0.4, -0.2) is 5.78 Å². The van der Waals surface area contributed by atoms with Crippen molar-refractivity contribution in [3.8, 4) is 11.5 Å². The Bertz CT molecular complexity index is 901. The highest BCUT2D eigenvalue weighted by molar-refractivity contribution is 6.30. The van der Waals surface area contributed by atoms with E-state index in [0.717, 1.165) is 22.9 Å². The summed E-state index contributed by atoms with van der Waals surface area (Å²) in [5.74, 6) is 1.47. The first-order valence-electron chi connectivity index (χ1n) is 8.18. The molecule has 130 valence electrons. The fraction of sp³-hybridized carbons (Fsp3) is 0.0455. The van der Waals surface area contributed by atoms with Crippen molar-refractivity contribution in [3.05, 3.63) is 101 Å². The van der Waals surface area contributed by atoms with Crippen LogP contribution >= 0.6 is 11.6 Å². The number of para-hydroxylation sites is 1. The molecule has 0 aromatic heterocycles. The standard InChI is InChI=1S/C22H18ClNO2/c1-16(15-22(25)17-7-9-18(23)10-8-17)24-19-11-13-21(14-12-19)26-20-5-3-2-4-6-20/h2-15,24H,1H3. The number of carbonyl (C=O) groups excluding carboxylic acids is 1. The number of nitrogens with one attached hydrogen (secondary N) is 1. The first kappa shape index (κ1) is 17.8. The van der Waals surface area contributed by atoms with Gasteiger partial charge in [-0.15, -0.1) is 0 Å². The van der Waals surface area contributed by atoms with Gasteiger partial charge in [0.05, 0.1) is 0 Å². The molecule has 0 atom stereocenters. The van der Waals surface area contributed by atoms with Gasteiger partial charge in [0.25, 0.3) is 0 Å². The van der Waals surface area contributed by atoms with Crippen molar-refractivity contribution < 1.29 is 9.53 Å². The zero-order chi connectivity index (χ0) is 18.4. The lowest BCUT2D eigenvalue weighted by molar-refractivity contribution is 0.104. The number of allylic oxidation sites excluding steroid dienone is 2. The van der Waals surface area contributed by atoms with Crippen molar-refractivity contribution in [1.82, 2.24) is 0 Å². The molecule has 0 amide bonds. The van der Waals surface area contributed by atoms with Gasteiger partial charge in [0.1, 0.15) is 11.5 Å². The summed E-state index contributed by atoms with van der Waals surface area (Å²) in [6.07, 6.45) is 1.57. The van der Waals surface area contributed by atoms with E-state index < -0.39 is 0 Å². The van der Waals surface area contributed by atoms with Gasteiger partial charge in [0.2, 0.25) is 0 Å². The molecule has 0 spiro atoms. The maximum Gasteiger partial charge on any atom is 0.187 e. The minimum absolute atomic E-state index is 0.0734. The van der Waals surface area contributed by atoms with E-state index in [4.69, 9.17) is 16.3 Å². The number of rotatable bonds is 6. The van der Waals surface area contributed by atoms with Gasteiger partial charge in [-0.05, 0) is 67.6 Å². The summed E-state index contributed by atoms with van der Waals surface area (Å²) in [6, 6.07) is 24.0. The molecule has 3 aromatic rings. The maximum atomic E-state index is 12.2. The highest BCUT2D eigenvalue weighted by Crippen LogP contribution is 2.23. The highest BCUT2D eigenvalue weighted by Gasteiger charge is 2.04. The normalized spacial score (nSPS) is 11.1. The molecule has 3 nitrogen and oxygen atoms in total. The third-order valence-corrected chi connectivity index (χ3v) is 3.90. The van der Waals surface area contributed by atoms with Crippen molar-refractivity contribution in [2.45, 2.75) is 6.92 Å². The van der Waals surface area contributed by atoms with E-state index in [0.29, 0.717) is 10.6 Å². The van der Waals surface area contributed by atoms with E-state index in [9.17, 15) is 4.79 Å². The largest absolute Gasteiger partial charge is 0.457 e. The van der Waals surface area contributed by atoms with Crippen LogP contribution in [0.4, 0.5) is 5.69 Å². The number of anilines is 1. The summed E-state index contributed by atoms with van der Waals surface area (Å²) in [5.41, 5.74) is 2.23. The van der Waals surface area contributed by atoms with E-state index in [1.165, 1.54) is 0 Å². The quantitative estimate of drug-likeness (QED) is 0.410. The van der Waals surface area contributed by atoms with Gasteiger partial charge >= 0.3 is 0 Å². The zero-order valence-electron chi connectivity index (χ0n) is 14.3. The Morgan fingerprint density at radius 1 is 0.885 bits per heavy atom. The van der Waals surface area contributed by atoms with E-state index >= 15 is 0 Å². The summed E-state index contributed by atoms with van der Waals surface area (Å²) >= 11 is 5.84. The van der Waals surface area contributed by atoms with E-state index in [1.54, 1.807) is 30.3 Å². The topological polar surface area (TPSA) is 38.3 Å². The van der Waals surface area contributed by atoms with Gasteiger partial charge in [-0.25, -0.2) is 0 Å². The number of ketones is 1. The van der Waals surface area contributed by atoms with Crippen LogP contribution in [0, 0.1) is 0 Å². The Morgan fingerprint density at radius 3 is 2.15 bits per heavy atom. The molecule has 3 rings (SSSR count). The molecule has 0 aliphatic carbocycles. The second kappa shape index (κ2) is 8.37. The molecule has 26 heavy (non-hydrogen) atoms.